The Morgan fingerprint density at radius 1 is 1.25 bits per heavy atom. The van der Waals surface area contributed by atoms with E-state index in [9.17, 15) is 5.11 Å². The normalized spacial score (nSPS) is 11.2. The maximum absolute atomic E-state index is 9.22. The van der Waals surface area contributed by atoms with E-state index in [0.29, 0.717) is 6.54 Å². The summed E-state index contributed by atoms with van der Waals surface area (Å²) < 4.78 is 0. The van der Waals surface area contributed by atoms with Crippen molar-refractivity contribution in [1.82, 2.24) is 14.9 Å². The smallest absolute Gasteiger partial charge is 0.0925 e. The number of nitrogens with one attached hydrogen (secondary N) is 1. The fourth-order valence-electron chi connectivity index (χ4n) is 2.10. The largest absolute Gasteiger partial charge is 0.395 e. The topological polar surface area (TPSA) is 52.1 Å². The van der Waals surface area contributed by atoms with Crippen molar-refractivity contribution >= 4 is 11.8 Å². The van der Waals surface area contributed by atoms with Crippen molar-refractivity contribution in [2.45, 2.75) is 24.9 Å². The summed E-state index contributed by atoms with van der Waals surface area (Å²) in [6.07, 6.45) is 3.79. The predicted octanol–water partition coefficient (Wildman–Crippen LogP) is 2.43. The van der Waals surface area contributed by atoms with Crippen LogP contribution in [0.4, 0.5) is 0 Å². The van der Waals surface area contributed by atoms with E-state index in [1.54, 1.807) is 18.1 Å². The van der Waals surface area contributed by atoms with Crippen molar-refractivity contribution in [2.24, 2.45) is 0 Å². The van der Waals surface area contributed by atoms with Gasteiger partial charge in [0, 0.05) is 30.2 Å². The molecule has 0 aliphatic carbocycles. The van der Waals surface area contributed by atoms with Crippen molar-refractivity contribution < 1.29 is 5.11 Å². The van der Waals surface area contributed by atoms with Crippen LogP contribution in [0.5, 0.6) is 0 Å². The summed E-state index contributed by atoms with van der Waals surface area (Å²) >= 11 is 1.74. The summed E-state index contributed by atoms with van der Waals surface area (Å²) in [5.74, 6) is 0. The standard InChI is InChI=1S/C15H21N3OS/c1-12-15(17-11-16-12)10-18(7-8-19)9-13-3-5-14(20-2)6-4-13/h3-6,11,19H,7-10H2,1-2H3,(H,16,17). The van der Waals surface area contributed by atoms with Crippen molar-refractivity contribution in [3.63, 3.8) is 0 Å². The lowest BCUT2D eigenvalue weighted by atomic mass is 10.2. The third kappa shape index (κ3) is 4.10. The van der Waals surface area contributed by atoms with E-state index in [4.69, 9.17) is 0 Å². The second kappa shape index (κ2) is 7.47. The van der Waals surface area contributed by atoms with Gasteiger partial charge in [-0.2, -0.15) is 0 Å². The first-order valence-electron chi connectivity index (χ1n) is 6.68. The molecule has 4 nitrogen and oxygen atoms in total. The van der Waals surface area contributed by atoms with E-state index in [1.165, 1.54) is 10.5 Å². The van der Waals surface area contributed by atoms with Crippen LogP contribution in [0.1, 0.15) is 17.0 Å². The molecule has 2 N–H and O–H groups in total. The van der Waals surface area contributed by atoms with Gasteiger partial charge in [-0.15, -0.1) is 11.8 Å². The van der Waals surface area contributed by atoms with Crippen LogP contribution in [0, 0.1) is 6.92 Å². The summed E-state index contributed by atoms with van der Waals surface area (Å²) in [6, 6.07) is 8.56. The number of aliphatic hydroxyl groups is 1. The van der Waals surface area contributed by atoms with Crippen LogP contribution < -0.4 is 0 Å². The molecule has 0 saturated heterocycles. The zero-order valence-electron chi connectivity index (χ0n) is 12.0. The first-order chi connectivity index (χ1) is 9.72. The predicted molar refractivity (Wildman–Crippen MR) is 82.7 cm³/mol. The number of aromatic amines is 1. The Morgan fingerprint density at radius 3 is 2.55 bits per heavy atom. The van der Waals surface area contributed by atoms with Gasteiger partial charge in [-0.3, -0.25) is 4.90 Å². The Bertz CT molecular complexity index is 524. The summed E-state index contributed by atoms with van der Waals surface area (Å²) in [5.41, 5.74) is 3.38. The maximum Gasteiger partial charge on any atom is 0.0925 e. The molecule has 2 rings (SSSR count). The molecule has 1 aromatic heterocycles. The molecule has 0 spiro atoms. The van der Waals surface area contributed by atoms with Crippen LogP contribution in [-0.4, -0.2) is 39.4 Å². The van der Waals surface area contributed by atoms with E-state index in [0.717, 1.165) is 24.5 Å². The molecule has 5 heteroatoms. The van der Waals surface area contributed by atoms with Crippen LogP contribution in [0.15, 0.2) is 35.5 Å². The van der Waals surface area contributed by atoms with E-state index in [2.05, 4.69) is 45.4 Å². The molecule has 1 aromatic carbocycles. The number of hydrogen-bond donors (Lipinski definition) is 2. The first-order valence-corrected chi connectivity index (χ1v) is 7.90. The lowest BCUT2D eigenvalue weighted by Gasteiger charge is -2.21. The van der Waals surface area contributed by atoms with E-state index < -0.39 is 0 Å². The Kier molecular flexibility index (Phi) is 5.64. The number of benzene rings is 1. The van der Waals surface area contributed by atoms with Crippen molar-refractivity contribution in [2.75, 3.05) is 19.4 Å². The van der Waals surface area contributed by atoms with Crippen molar-refractivity contribution in [3.05, 3.63) is 47.5 Å². The zero-order chi connectivity index (χ0) is 14.4. The molecule has 0 fully saturated rings. The minimum absolute atomic E-state index is 0.159. The van der Waals surface area contributed by atoms with E-state index in [-0.39, 0.29) is 6.61 Å². The van der Waals surface area contributed by atoms with Gasteiger partial charge in [0.25, 0.3) is 0 Å². The molecule has 0 amide bonds. The van der Waals surface area contributed by atoms with Gasteiger partial charge in [-0.1, -0.05) is 12.1 Å². The average molecular weight is 291 g/mol. The second-order valence-corrected chi connectivity index (χ2v) is 5.64. The molecule has 2 aromatic rings. The molecule has 0 saturated carbocycles. The fourth-order valence-corrected chi connectivity index (χ4v) is 2.51. The van der Waals surface area contributed by atoms with Gasteiger partial charge in [0.05, 0.1) is 18.6 Å². The average Bonchev–Trinajstić information content (AvgIpc) is 2.85. The Morgan fingerprint density at radius 2 is 2.00 bits per heavy atom. The van der Waals surface area contributed by atoms with Crippen LogP contribution in [0.25, 0.3) is 0 Å². The number of H-pyrrole nitrogens is 1. The summed E-state index contributed by atoms with van der Waals surface area (Å²) in [6.45, 7) is 4.40. The molecular weight excluding hydrogens is 270 g/mol. The number of aromatic nitrogens is 2. The van der Waals surface area contributed by atoms with Crippen molar-refractivity contribution in [3.8, 4) is 0 Å². The van der Waals surface area contributed by atoms with Gasteiger partial charge in [-0.05, 0) is 30.9 Å². The number of aliphatic hydroxyl groups excluding tert-OH is 1. The summed E-state index contributed by atoms with van der Waals surface area (Å²) in [4.78, 5) is 10.9. The number of imidazole rings is 1. The second-order valence-electron chi connectivity index (χ2n) is 4.76. The monoisotopic (exact) mass is 291 g/mol. The van der Waals surface area contributed by atoms with E-state index >= 15 is 0 Å². The quantitative estimate of drug-likeness (QED) is 0.769. The number of hydrogen-bond acceptors (Lipinski definition) is 4. The Balaban J connectivity index is 2.02. The number of thioether (sulfide) groups is 1. The van der Waals surface area contributed by atoms with Crippen LogP contribution in [-0.2, 0) is 13.1 Å². The van der Waals surface area contributed by atoms with Crippen molar-refractivity contribution in [1.29, 1.82) is 0 Å². The highest BCUT2D eigenvalue weighted by molar-refractivity contribution is 7.98. The zero-order valence-corrected chi connectivity index (χ0v) is 12.8. The molecule has 0 atom stereocenters. The fraction of sp³-hybridized carbons (Fsp3) is 0.400. The van der Waals surface area contributed by atoms with Gasteiger partial charge < -0.3 is 10.1 Å². The molecule has 1 heterocycles. The lowest BCUT2D eigenvalue weighted by Crippen LogP contribution is -2.26. The van der Waals surface area contributed by atoms with Gasteiger partial charge in [-0.25, -0.2) is 4.98 Å². The third-order valence-corrected chi connectivity index (χ3v) is 4.03. The van der Waals surface area contributed by atoms with Crippen LogP contribution >= 0.6 is 11.8 Å². The summed E-state index contributed by atoms with van der Waals surface area (Å²) in [7, 11) is 0. The van der Waals surface area contributed by atoms with Crippen LogP contribution in [0.3, 0.4) is 0 Å². The summed E-state index contributed by atoms with van der Waals surface area (Å²) in [5, 5.41) is 9.22. The maximum atomic E-state index is 9.22. The SMILES string of the molecule is CSc1ccc(CN(CCO)Cc2nc[nH]c2C)cc1. The number of rotatable bonds is 7. The Hall–Kier alpha value is -1.30. The third-order valence-electron chi connectivity index (χ3n) is 3.29. The minimum atomic E-state index is 0.159. The number of nitrogens with zero attached hydrogens (tertiary/aromatic N) is 2. The molecule has 108 valence electrons. The molecule has 20 heavy (non-hydrogen) atoms. The molecule has 0 aliphatic heterocycles. The molecule has 0 unspecified atom stereocenters. The minimum Gasteiger partial charge on any atom is -0.395 e. The molecular formula is C15H21N3OS. The lowest BCUT2D eigenvalue weighted by molar-refractivity contribution is 0.183. The van der Waals surface area contributed by atoms with Gasteiger partial charge >= 0.3 is 0 Å². The molecule has 0 aliphatic rings. The molecule has 0 radical (unpaired) electrons. The van der Waals surface area contributed by atoms with Gasteiger partial charge in [0.2, 0.25) is 0 Å². The van der Waals surface area contributed by atoms with Crippen LogP contribution in [0.2, 0.25) is 0 Å². The highest BCUT2D eigenvalue weighted by Gasteiger charge is 2.10. The first kappa shape index (κ1) is 15.1. The van der Waals surface area contributed by atoms with Gasteiger partial charge in [0.15, 0.2) is 0 Å². The van der Waals surface area contributed by atoms with E-state index in [1.807, 2.05) is 6.92 Å². The molecule has 0 bridgehead atoms. The highest BCUT2D eigenvalue weighted by atomic mass is 32.2. The Labute approximate surface area is 124 Å². The number of aryl methyl sites for hydroxylation is 1. The highest BCUT2D eigenvalue weighted by Crippen LogP contribution is 2.16. The van der Waals surface area contributed by atoms with Gasteiger partial charge in [0.1, 0.15) is 0 Å².